The van der Waals surface area contributed by atoms with E-state index in [-0.39, 0.29) is 35.4 Å². The third-order valence-electron chi connectivity index (χ3n) is 4.81. The van der Waals surface area contributed by atoms with Crippen molar-refractivity contribution in [1.82, 2.24) is 9.62 Å². The molecule has 0 spiro atoms. The number of carbonyl (C=O) groups is 1. The van der Waals surface area contributed by atoms with Crippen molar-refractivity contribution in [3.05, 3.63) is 93.4 Å². The summed E-state index contributed by atoms with van der Waals surface area (Å²) in [5, 5.41) is 12.9. The second kappa shape index (κ2) is 11.6. The molecule has 0 radical (unpaired) electrons. The summed E-state index contributed by atoms with van der Waals surface area (Å²) in [5.41, 5.74) is 0.613. The van der Waals surface area contributed by atoms with Crippen LogP contribution < -0.4 is 5.32 Å². The van der Waals surface area contributed by atoms with Gasteiger partial charge in [-0.05, 0) is 67.9 Å². The molecule has 0 aliphatic rings. The number of nitriles is 1. The number of nitrogens with one attached hydrogen (secondary N) is 1. The molecule has 0 saturated carbocycles. The maximum absolute atomic E-state index is 13.4. The Kier molecular flexibility index (Phi) is 8.76. The standard InChI is InChI=1S/C25H23Cl2N3O4S/c1-17(2)29-25(31)19(14-28)13-22-9-10-23(34-22)16-30(15-18-3-5-20(26)6-4-18)35(32,33)24-11-7-21(27)8-12-24/h3-13,17H,15-16H2,1-2H3,(H,29,31)/b19-13-. The van der Waals surface area contributed by atoms with Crippen LogP contribution in [0, 0.1) is 11.3 Å². The fourth-order valence-corrected chi connectivity index (χ4v) is 4.78. The Bertz CT molecular complexity index is 1360. The van der Waals surface area contributed by atoms with E-state index in [9.17, 15) is 18.5 Å². The smallest absolute Gasteiger partial charge is 0.262 e. The van der Waals surface area contributed by atoms with Crippen molar-refractivity contribution in [2.75, 3.05) is 0 Å². The fourth-order valence-electron chi connectivity index (χ4n) is 3.14. The number of amides is 1. The van der Waals surface area contributed by atoms with Gasteiger partial charge in [0.15, 0.2) is 0 Å². The van der Waals surface area contributed by atoms with Gasteiger partial charge in [-0.25, -0.2) is 8.42 Å². The van der Waals surface area contributed by atoms with Gasteiger partial charge in [0.05, 0.1) is 11.4 Å². The lowest BCUT2D eigenvalue weighted by Crippen LogP contribution is -2.30. The van der Waals surface area contributed by atoms with Crippen molar-refractivity contribution in [3.63, 3.8) is 0 Å². The summed E-state index contributed by atoms with van der Waals surface area (Å²) < 4.78 is 33.9. The molecule has 3 rings (SSSR count). The van der Waals surface area contributed by atoms with Crippen molar-refractivity contribution >= 4 is 45.2 Å². The minimum absolute atomic E-state index is 0.0637. The Labute approximate surface area is 214 Å². The van der Waals surface area contributed by atoms with Crippen LogP contribution in [0.5, 0.6) is 0 Å². The van der Waals surface area contributed by atoms with Gasteiger partial charge < -0.3 is 9.73 Å². The first-order chi connectivity index (χ1) is 16.6. The minimum atomic E-state index is -3.92. The van der Waals surface area contributed by atoms with E-state index in [1.807, 2.05) is 6.07 Å². The van der Waals surface area contributed by atoms with Gasteiger partial charge in [0, 0.05) is 28.7 Å². The molecule has 182 valence electrons. The van der Waals surface area contributed by atoms with Crippen LogP contribution in [0.4, 0.5) is 0 Å². The molecule has 10 heteroatoms. The summed E-state index contributed by atoms with van der Waals surface area (Å²) in [4.78, 5) is 12.2. The summed E-state index contributed by atoms with van der Waals surface area (Å²) in [5.74, 6) is 0.0743. The Morgan fingerprint density at radius 1 is 1.03 bits per heavy atom. The van der Waals surface area contributed by atoms with Crippen LogP contribution in [0.15, 0.2) is 75.5 Å². The number of sulfonamides is 1. The first-order valence-electron chi connectivity index (χ1n) is 10.6. The maximum atomic E-state index is 13.4. The molecule has 0 aliphatic carbocycles. The Morgan fingerprint density at radius 2 is 1.63 bits per heavy atom. The Balaban J connectivity index is 1.91. The van der Waals surface area contributed by atoms with Crippen molar-refractivity contribution in [3.8, 4) is 6.07 Å². The number of carbonyl (C=O) groups excluding carboxylic acids is 1. The number of nitrogens with zero attached hydrogens (tertiary/aromatic N) is 2. The molecule has 0 atom stereocenters. The predicted molar refractivity (Wildman–Crippen MR) is 135 cm³/mol. The van der Waals surface area contributed by atoms with Crippen molar-refractivity contribution in [2.24, 2.45) is 0 Å². The lowest BCUT2D eigenvalue weighted by molar-refractivity contribution is -0.117. The number of benzene rings is 2. The van der Waals surface area contributed by atoms with Gasteiger partial charge in [0.25, 0.3) is 5.91 Å². The predicted octanol–water partition coefficient (Wildman–Crippen LogP) is 5.41. The van der Waals surface area contributed by atoms with E-state index in [2.05, 4.69) is 5.32 Å². The number of furan rings is 1. The molecule has 3 aromatic rings. The monoisotopic (exact) mass is 531 g/mol. The molecule has 0 aliphatic heterocycles. The van der Waals surface area contributed by atoms with E-state index >= 15 is 0 Å². The summed E-state index contributed by atoms with van der Waals surface area (Å²) in [7, 11) is -3.92. The number of rotatable bonds is 9. The Hall–Kier alpha value is -3.09. The van der Waals surface area contributed by atoms with Crippen LogP contribution >= 0.6 is 23.2 Å². The molecule has 35 heavy (non-hydrogen) atoms. The molecule has 1 aromatic heterocycles. The summed E-state index contributed by atoms with van der Waals surface area (Å²) in [6.45, 7) is 3.55. The topological polar surface area (TPSA) is 103 Å². The zero-order valence-electron chi connectivity index (χ0n) is 19.0. The fraction of sp³-hybridized carbons (Fsp3) is 0.200. The second-order valence-corrected chi connectivity index (χ2v) is 10.8. The van der Waals surface area contributed by atoms with E-state index in [1.165, 1.54) is 34.6 Å². The maximum Gasteiger partial charge on any atom is 0.262 e. The van der Waals surface area contributed by atoms with Crippen molar-refractivity contribution < 1.29 is 17.6 Å². The highest BCUT2D eigenvalue weighted by molar-refractivity contribution is 7.89. The minimum Gasteiger partial charge on any atom is -0.460 e. The van der Waals surface area contributed by atoms with E-state index in [0.29, 0.717) is 15.8 Å². The van der Waals surface area contributed by atoms with Gasteiger partial charge in [-0.15, -0.1) is 0 Å². The highest BCUT2D eigenvalue weighted by Gasteiger charge is 2.26. The second-order valence-electron chi connectivity index (χ2n) is 7.96. The summed E-state index contributed by atoms with van der Waals surface area (Å²) >= 11 is 11.9. The first kappa shape index (κ1) is 26.5. The summed E-state index contributed by atoms with van der Waals surface area (Å²) in [6, 6.07) is 17.7. The van der Waals surface area contributed by atoms with Gasteiger partial charge in [-0.3, -0.25) is 4.79 Å². The molecule has 1 N–H and O–H groups in total. The van der Waals surface area contributed by atoms with Crippen LogP contribution in [0.3, 0.4) is 0 Å². The van der Waals surface area contributed by atoms with Crippen LogP contribution in [0.25, 0.3) is 6.08 Å². The molecule has 0 unspecified atom stereocenters. The van der Waals surface area contributed by atoms with Crippen molar-refractivity contribution in [2.45, 2.75) is 37.9 Å². The van der Waals surface area contributed by atoms with E-state index in [4.69, 9.17) is 27.6 Å². The number of hydrogen-bond donors (Lipinski definition) is 1. The normalized spacial score (nSPS) is 12.1. The summed E-state index contributed by atoms with van der Waals surface area (Å²) in [6.07, 6.45) is 1.32. The van der Waals surface area contributed by atoms with Gasteiger partial charge in [-0.1, -0.05) is 35.3 Å². The van der Waals surface area contributed by atoms with E-state index < -0.39 is 15.9 Å². The molecule has 1 amide bonds. The molecular weight excluding hydrogens is 509 g/mol. The SMILES string of the molecule is CC(C)NC(=O)/C(C#N)=C\c1ccc(CN(Cc2ccc(Cl)cc2)S(=O)(=O)c2ccc(Cl)cc2)o1. The van der Waals surface area contributed by atoms with Gasteiger partial charge in [0.1, 0.15) is 23.2 Å². The highest BCUT2D eigenvalue weighted by atomic mass is 35.5. The Morgan fingerprint density at radius 3 is 2.20 bits per heavy atom. The van der Waals surface area contributed by atoms with Crippen LogP contribution in [-0.4, -0.2) is 24.7 Å². The third kappa shape index (κ3) is 7.20. The van der Waals surface area contributed by atoms with Crippen LogP contribution in [0.1, 0.15) is 30.9 Å². The zero-order chi connectivity index (χ0) is 25.6. The van der Waals surface area contributed by atoms with E-state index in [1.54, 1.807) is 50.2 Å². The van der Waals surface area contributed by atoms with Crippen molar-refractivity contribution in [1.29, 1.82) is 5.26 Å². The van der Waals surface area contributed by atoms with Crippen LogP contribution in [0.2, 0.25) is 10.0 Å². The van der Waals surface area contributed by atoms with Crippen LogP contribution in [-0.2, 0) is 27.9 Å². The lowest BCUT2D eigenvalue weighted by Gasteiger charge is -2.21. The highest BCUT2D eigenvalue weighted by Crippen LogP contribution is 2.24. The average molecular weight is 532 g/mol. The zero-order valence-corrected chi connectivity index (χ0v) is 21.4. The van der Waals surface area contributed by atoms with E-state index in [0.717, 1.165) is 5.56 Å². The molecule has 2 aromatic carbocycles. The molecule has 7 nitrogen and oxygen atoms in total. The lowest BCUT2D eigenvalue weighted by atomic mass is 10.2. The molecular formula is C25H23Cl2N3O4S. The molecule has 1 heterocycles. The number of hydrogen-bond acceptors (Lipinski definition) is 5. The average Bonchev–Trinajstić information content (AvgIpc) is 3.25. The third-order valence-corrected chi connectivity index (χ3v) is 7.12. The first-order valence-corrected chi connectivity index (χ1v) is 12.8. The largest absolute Gasteiger partial charge is 0.460 e. The molecule has 0 fully saturated rings. The molecule has 0 saturated heterocycles. The van der Waals surface area contributed by atoms with Gasteiger partial charge in [-0.2, -0.15) is 9.57 Å². The molecule has 0 bridgehead atoms. The van der Waals surface area contributed by atoms with Gasteiger partial charge >= 0.3 is 0 Å². The number of halogens is 2. The van der Waals surface area contributed by atoms with Gasteiger partial charge in [0.2, 0.25) is 10.0 Å². The quantitative estimate of drug-likeness (QED) is 0.293.